The number of hydrogen-bond acceptors (Lipinski definition) is 2. The van der Waals surface area contributed by atoms with Crippen molar-refractivity contribution in [3.8, 4) is 11.5 Å². The molecule has 0 atom stereocenters. The molecule has 0 N–H and O–H groups in total. The fourth-order valence-electron chi connectivity index (χ4n) is 2.99. The molecule has 0 aliphatic heterocycles. The molecule has 0 aliphatic rings. The van der Waals surface area contributed by atoms with E-state index in [0.29, 0.717) is 0 Å². The van der Waals surface area contributed by atoms with E-state index < -0.39 is 0 Å². The third-order valence-corrected chi connectivity index (χ3v) is 6.03. The summed E-state index contributed by atoms with van der Waals surface area (Å²) < 4.78 is 11.6. The molecule has 2 aromatic rings. The molecule has 0 heterocycles. The average molecular weight is 512 g/mol. The van der Waals surface area contributed by atoms with E-state index >= 15 is 0 Å². The lowest BCUT2D eigenvalue weighted by atomic mass is 10.1. The van der Waals surface area contributed by atoms with Gasteiger partial charge >= 0.3 is 0 Å². The zero-order valence-corrected chi connectivity index (χ0v) is 19.8. The number of benzene rings is 2. The van der Waals surface area contributed by atoms with Gasteiger partial charge in [-0.3, -0.25) is 0 Å². The minimum absolute atomic E-state index is 0.821. The van der Waals surface area contributed by atoms with Crippen molar-refractivity contribution >= 4 is 31.9 Å². The van der Waals surface area contributed by atoms with E-state index in [-0.39, 0.29) is 0 Å². The number of unbranched alkanes of at least 4 members (excludes halogenated alkanes) is 7. The highest BCUT2D eigenvalue weighted by Gasteiger charge is 1.97. The van der Waals surface area contributed by atoms with Crippen molar-refractivity contribution in [2.75, 3.05) is 13.2 Å². The van der Waals surface area contributed by atoms with Gasteiger partial charge in [-0.05, 0) is 48.2 Å². The predicted octanol–water partition coefficient (Wildman–Crippen LogP) is 8.06. The van der Waals surface area contributed by atoms with Crippen LogP contribution < -0.4 is 9.47 Å². The Labute approximate surface area is 187 Å². The van der Waals surface area contributed by atoms with E-state index in [4.69, 9.17) is 9.47 Å². The maximum atomic E-state index is 5.80. The Morgan fingerprint density at radius 3 is 1.11 bits per heavy atom. The van der Waals surface area contributed by atoms with Crippen molar-refractivity contribution < 1.29 is 9.47 Å². The number of halogens is 2. The highest BCUT2D eigenvalue weighted by molar-refractivity contribution is 9.08. The van der Waals surface area contributed by atoms with Gasteiger partial charge in [0.05, 0.1) is 13.2 Å². The number of rotatable bonds is 15. The zero-order chi connectivity index (χ0) is 19.9. The third kappa shape index (κ3) is 9.97. The van der Waals surface area contributed by atoms with Gasteiger partial charge in [-0.25, -0.2) is 0 Å². The smallest absolute Gasteiger partial charge is 0.119 e. The summed E-state index contributed by atoms with van der Waals surface area (Å²) >= 11 is 6.92. The second-order valence-corrected chi connectivity index (χ2v) is 8.20. The lowest BCUT2D eigenvalue weighted by molar-refractivity contribution is 0.301. The Bertz CT molecular complexity index is 569. The molecule has 0 saturated carbocycles. The van der Waals surface area contributed by atoms with E-state index in [1.165, 1.54) is 49.7 Å². The Kier molecular flexibility index (Phi) is 12.4. The summed E-state index contributed by atoms with van der Waals surface area (Å²) in [4.78, 5) is 0. The van der Waals surface area contributed by atoms with Gasteiger partial charge in [0.15, 0.2) is 0 Å². The lowest BCUT2D eigenvalue weighted by Gasteiger charge is -2.07. The Morgan fingerprint density at radius 1 is 0.464 bits per heavy atom. The first kappa shape index (κ1) is 23.3. The summed E-state index contributed by atoms with van der Waals surface area (Å²) in [6.45, 7) is 1.64. The first-order valence-corrected chi connectivity index (χ1v) is 12.6. The molecule has 28 heavy (non-hydrogen) atoms. The summed E-state index contributed by atoms with van der Waals surface area (Å²) in [5, 5.41) is 1.79. The van der Waals surface area contributed by atoms with Crippen molar-refractivity contribution in [2.45, 2.75) is 62.0 Å². The largest absolute Gasteiger partial charge is 0.494 e. The van der Waals surface area contributed by atoms with E-state index in [1.54, 1.807) is 0 Å². The Hall–Kier alpha value is -1.00. The monoisotopic (exact) mass is 510 g/mol. The van der Waals surface area contributed by atoms with Gasteiger partial charge in [0, 0.05) is 10.7 Å². The predicted molar refractivity (Wildman–Crippen MR) is 126 cm³/mol. The molecule has 0 radical (unpaired) electrons. The second-order valence-electron chi connectivity index (χ2n) is 7.08. The molecule has 2 nitrogen and oxygen atoms in total. The van der Waals surface area contributed by atoms with Crippen LogP contribution in [0.2, 0.25) is 0 Å². The minimum Gasteiger partial charge on any atom is -0.494 e. The standard InChI is InChI=1S/C24H32Br2O2/c25-19-21-9-13-23(14-10-21)27-17-7-5-3-1-2-4-6-8-18-28-24-15-11-22(20-26)12-16-24/h9-16H,1-8,17-20H2. The molecule has 0 saturated heterocycles. The van der Waals surface area contributed by atoms with Crippen molar-refractivity contribution in [3.63, 3.8) is 0 Å². The van der Waals surface area contributed by atoms with Crippen molar-refractivity contribution in [1.82, 2.24) is 0 Å². The van der Waals surface area contributed by atoms with Crippen LogP contribution in [0.3, 0.4) is 0 Å². The summed E-state index contributed by atoms with van der Waals surface area (Å²) in [7, 11) is 0. The first-order valence-electron chi connectivity index (χ1n) is 10.4. The SMILES string of the molecule is BrCc1ccc(OCCCCCCCCCCOc2ccc(CBr)cc2)cc1. The molecule has 154 valence electrons. The number of ether oxygens (including phenoxy) is 2. The lowest BCUT2D eigenvalue weighted by Crippen LogP contribution is -1.98. The summed E-state index contributed by atoms with van der Waals surface area (Å²) in [5.41, 5.74) is 2.56. The molecule has 0 aromatic heterocycles. The van der Waals surface area contributed by atoms with Gasteiger partial charge < -0.3 is 9.47 Å². The Balaban J connectivity index is 1.36. The third-order valence-electron chi connectivity index (χ3n) is 4.73. The molecule has 0 unspecified atom stereocenters. The highest BCUT2D eigenvalue weighted by atomic mass is 79.9. The van der Waals surface area contributed by atoms with Gasteiger partial charge in [-0.15, -0.1) is 0 Å². The van der Waals surface area contributed by atoms with Gasteiger partial charge in [0.2, 0.25) is 0 Å². The first-order chi connectivity index (χ1) is 13.8. The quantitative estimate of drug-likeness (QED) is 0.178. The molecule has 0 amide bonds. The second kappa shape index (κ2) is 14.9. The molecular formula is C24H32Br2O2. The number of hydrogen-bond donors (Lipinski definition) is 0. The van der Waals surface area contributed by atoms with Crippen LogP contribution in [0.5, 0.6) is 11.5 Å². The molecular weight excluding hydrogens is 480 g/mol. The molecule has 4 heteroatoms. The van der Waals surface area contributed by atoms with Gasteiger partial charge in [-0.2, -0.15) is 0 Å². The molecule has 2 aromatic carbocycles. The normalized spacial score (nSPS) is 10.8. The van der Waals surface area contributed by atoms with E-state index in [9.17, 15) is 0 Å². The van der Waals surface area contributed by atoms with Crippen molar-refractivity contribution in [1.29, 1.82) is 0 Å². The van der Waals surface area contributed by atoms with Crippen molar-refractivity contribution in [3.05, 3.63) is 59.7 Å². The maximum Gasteiger partial charge on any atom is 0.119 e. The number of alkyl halides is 2. The fraction of sp³-hybridized carbons (Fsp3) is 0.500. The van der Waals surface area contributed by atoms with Gasteiger partial charge in [0.1, 0.15) is 11.5 Å². The van der Waals surface area contributed by atoms with Crippen molar-refractivity contribution in [2.24, 2.45) is 0 Å². The van der Waals surface area contributed by atoms with Crippen LogP contribution in [0.25, 0.3) is 0 Å². The summed E-state index contributed by atoms with van der Waals surface area (Å²) in [6.07, 6.45) is 10.1. The van der Waals surface area contributed by atoms with Crippen LogP contribution in [-0.4, -0.2) is 13.2 Å². The maximum absolute atomic E-state index is 5.80. The van der Waals surface area contributed by atoms with Crippen LogP contribution in [-0.2, 0) is 10.7 Å². The van der Waals surface area contributed by atoms with E-state index in [2.05, 4.69) is 80.4 Å². The summed E-state index contributed by atoms with van der Waals surface area (Å²) in [5.74, 6) is 1.96. The van der Waals surface area contributed by atoms with Crippen LogP contribution in [0.4, 0.5) is 0 Å². The minimum atomic E-state index is 0.821. The topological polar surface area (TPSA) is 18.5 Å². The van der Waals surface area contributed by atoms with Gasteiger partial charge in [-0.1, -0.05) is 94.7 Å². The zero-order valence-electron chi connectivity index (χ0n) is 16.7. The fourth-order valence-corrected chi connectivity index (χ4v) is 3.74. The van der Waals surface area contributed by atoms with Crippen LogP contribution in [0.1, 0.15) is 62.5 Å². The average Bonchev–Trinajstić information content (AvgIpc) is 2.75. The molecule has 0 fully saturated rings. The van der Waals surface area contributed by atoms with Crippen LogP contribution >= 0.6 is 31.9 Å². The van der Waals surface area contributed by atoms with Crippen LogP contribution in [0.15, 0.2) is 48.5 Å². The van der Waals surface area contributed by atoms with E-state index in [1.807, 2.05) is 0 Å². The highest BCUT2D eigenvalue weighted by Crippen LogP contribution is 2.16. The van der Waals surface area contributed by atoms with Gasteiger partial charge in [0.25, 0.3) is 0 Å². The molecule has 0 aliphatic carbocycles. The van der Waals surface area contributed by atoms with Crippen LogP contribution in [0, 0.1) is 0 Å². The Morgan fingerprint density at radius 2 is 0.786 bits per heavy atom. The molecule has 0 spiro atoms. The molecule has 2 rings (SSSR count). The summed E-state index contributed by atoms with van der Waals surface area (Å²) in [6, 6.07) is 16.6. The van der Waals surface area contributed by atoms with E-state index in [0.717, 1.165) is 48.2 Å². The molecule has 0 bridgehead atoms.